The number of sulfonamides is 1. The van der Waals surface area contributed by atoms with Gasteiger partial charge in [0.15, 0.2) is 0 Å². The van der Waals surface area contributed by atoms with E-state index in [4.69, 9.17) is 4.74 Å². The number of ether oxygens (including phenoxy) is 1. The van der Waals surface area contributed by atoms with E-state index in [0.29, 0.717) is 39.4 Å². The van der Waals surface area contributed by atoms with Gasteiger partial charge in [-0.25, -0.2) is 8.42 Å². The molecule has 1 aliphatic heterocycles. The molecule has 8 nitrogen and oxygen atoms in total. The molecular weight excluding hydrogens is 452 g/mol. The molecule has 0 aliphatic carbocycles. The van der Waals surface area contributed by atoms with Crippen LogP contribution in [0.5, 0.6) is 0 Å². The highest BCUT2D eigenvalue weighted by Gasteiger charge is 2.25. The van der Waals surface area contributed by atoms with Crippen molar-refractivity contribution in [1.82, 2.24) is 19.0 Å². The van der Waals surface area contributed by atoms with Gasteiger partial charge in [-0.05, 0) is 29.3 Å². The third-order valence-electron chi connectivity index (χ3n) is 5.58. The number of hydrogen-bond donors (Lipinski definition) is 0. The maximum atomic E-state index is 12.7. The molecule has 0 N–H and O–H groups in total. The van der Waals surface area contributed by atoms with E-state index < -0.39 is 10.0 Å². The zero-order chi connectivity index (χ0) is 24.0. The number of nitrogens with zero attached hydrogens (tertiary/aromatic N) is 4. The molecule has 34 heavy (non-hydrogen) atoms. The van der Waals surface area contributed by atoms with E-state index in [-0.39, 0.29) is 10.8 Å². The van der Waals surface area contributed by atoms with Crippen molar-refractivity contribution in [2.45, 2.75) is 18.0 Å². The number of carbonyl (C=O) groups excluding carboxylic acids is 1. The molecule has 0 atom stereocenters. The summed E-state index contributed by atoms with van der Waals surface area (Å²) in [5, 5.41) is 4.38. The van der Waals surface area contributed by atoms with Crippen LogP contribution in [0.1, 0.15) is 16.7 Å². The third kappa shape index (κ3) is 5.99. The second kappa shape index (κ2) is 10.8. The summed E-state index contributed by atoms with van der Waals surface area (Å²) in [6, 6.07) is 16.6. The molecule has 178 valence electrons. The number of aromatic nitrogens is 2. The molecule has 9 heteroatoms. The molecule has 0 bridgehead atoms. The van der Waals surface area contributed by atoms with Gasteiger partial charge in [-0.2, -0.15) is 9.40 Å². The van der Waals surface area contributed by atoms with E-state index in [1.54, 1.807) is 48.5 Å². The number of carbonyl (C=O) groups is 1. The highest BCUT2D eigenvalue weighted by atomic mass is 32.2. The lowest BCUT2D eigenvalue weighted by Gasteiger charge is -2.26. The maximum absolute atomic E-state index is 12.7. The lowest BCUT2D eigenvalue weighted by molar-refractivity contribution is -0.125. The zero-order valence-electron chi connectivity index (χ0n) is 19.1. The summed E-state index contributed by atoms with van der Waals surface area (Å²) < 4.78 is 33.9. The van der Waals surface area contributed by atoms with Gasteiger partial charge in [0.1, 0.15) is 0 Å². The number of hydrogen-bond acceptors (Lipinski definition) is 5. The summed E-state index contributed by atoms with van der Waals surface area (Å²) in [5.74, 6) is -0.152. The van der Waals surface area contributed by atoms with Gasteiger partial charge in [0, 0.05) is 44.5 Å². The minimum Gasteiger partial charge on any atom is -0.379 e. The number of morpholine rings is 1. The average molecular weight is 481 g/mol. The minimum atomic E-state index is -3.53. The molecule has 1 saturated heterocycles. The Kier molecular flexibility index (Phi) is 7.56. The first kappa shape index (κ1) is 23.9. The number of amides is 1. The van der Waals surface area contributed by atoms with E-state index in [9.17, 15) is 13.2 Å². The standard InChI is InChI=1S/C25H28N4O4S/c1-27(18-23-17-26-28(20-23)19-22-5-3-2-4-6-22)25(30)12-9-21-7-10-24(11-8-21)34(31,32)29-13-15-33-16-14-29/h2-12,17,20H,13-16,18-19H2,1H3. The Morgan fingerprint density at radius 1 is 1.06 bits per heavy atom. The van der Waals surface area contributed by atoms with Gasteiger partial charge >= 0.3 is 0 Å². The summed E-state index contributed by atoms with van der Waals surface area (Å²) in [5.41, 5.74) is 2.85. The summed E-state index contributed by atoms with van der Waals surface area (Å²) >= 11 is 0. The van der Waals surface area contributed by atoms with E-state index in [2.05, 4.69) is 5.10 Å². The molecule has 2 aromatic carbocycles. The van der Waals surface area contributed by atoms with Gasteiger partial charge in [-0.1, -0.05) is 42.5 Å². The van der Waals surface area contributed by atoms with Crippen molar-refractivity contribution < 1.29 is 17.9 Å². The van der Waals surface area contributed by atoms with Crippen LogP contribution in [0, 0.1) is 0 Å². The van der Waals surface area contributed by atoms with Crippen LogP contribution in [0.25, 0.3) is 6.08 Å². The molecule has 3 aromatic rings. The van der Waals surface area contributed by atoms with Crippen molar-refractivity contribution in [3.8, 4) is 0 Å². The Balaban J connectivity index is 1.32. The van der Waals surface area contributed by atoms with E-state index >= 15 is 0 Å². The highest BCUT2D eigenvalue weighted by Crippen LogP contribution is 2.18. The van der Waals surface area contributed by atoms with Crippen molar-refractivity contribution in [2.75, 3.05) is 33.4 Å². The summed E-state index contributed by atoms with van der Waals surface area (Å²) in [6.45, 7) is 2.64. The van der Waals surface area contributed by atoms with Crippen LogP contribution in [0.4, 0.5) is 0 Å². The molecule has 4 rings (SSSR count). The summed E-state index contributed by atoms with van der Waals surface area (Å²) in [6.07, 6.45) is 6.88. The molecule has 0 spiro atoms. The average Bonchev–Trinajstić information content (AvgIpc) is 3.30. The Morgan fingerprint density at radius 2 is 1.76 bits per heavy atom. The van der Waals surface area contributed by atoms with Crippen molar-refractivity contribution in [3.05, 3.63) is 89.8 Å². The molecular formula is C25H28N4O4S. The quantitative estimate of drug-likeness (QED) is 0.463. The van der Waals surface area contributed by atoms with E-state index in [0.717, 1.165) is 16.7 Å². The first-order valence-corrected chi connectivity index (χ1v) is 12.5. The van der Waals surface area contributed by atoms with Gasteiger partial charge in [-0.15, -0.1) is 0 Å². The predicted octanol–water partition coefficient (Wildman–Crippen LogP) is 2.62. The van der Waals surface area contributed by atoms with Crippen LogP contribution in [0.2, 0.25) is 0 Å². The maximum Gasteiger partial charge on any atom is 0.246 e. The number of benzene rings is 2. The smallest absolute Gasteiger partial charge is 0.246 e. The van der Waals surface area contributed by atoms with Crippen molar-refractivity contribution in [1.29, 1.82) is 0 Å². The minimum absolute atomic E-state index is 0.152. The fourth-order valence-corrected chi connectivity index (χ4v) is 5.09. The third-order valence-corrected chi connectivity index (χ3v) is 7.49. The van der Waals surface area contributed by atoms with Crippen LogP contribution >= 0.6 is 0 Å². The molecule has 0 unspecified atom stereocenters. The first-order valence-electron chi connectivity index (χ1n) is 11.1. The molecule has 1 aliphatic rings. The van der Waals surface area contributed by atoms with Gasteiger partial charge in [-0.3, -0.25) is 9.48 Å². The summed E-state index contributed by atoms with van der Waals surface area (Å²) in [7, 11) is -1.79. The summed E-state index contributed by atoms with van der Waals surface area (Å²) in [4.78, 5) is 14.4. The molecule has 1 amide bonds. The normalized spacial score (nSPS) is 15.0. The van der Waals surface area contributed by atoms with Crippen molar-refractivity contribution >= 4 is 22.0 Å². The zero-order valence-corrected chi connectivity index (χ0v) is 19.9. The van der Waals surface area contributed by atoms with Crippen LogP contribution in [0.15, 0.2) is 78.0 Å². The fourth-order valence-electron chi connectivity index (χ4n) is 3.68. The second-order valence-electron chi connectivity index (χ2n) is 8.14. The molecule has 0 saturated carbocycles. The Bertz CT molecular complexity index is 1230. The lowest BCUT2D eigenvalue weighted by atomic mass is 10.2. The topological polar surface area (TPSA) is 84.7 Å². The molecule has 0 radical (unpaired) electrons. The van der Waals surface area contributed by atoms with E-state index in [1.807, 2.05) is 41.2 Å². The predicted molar refractivity (Wildman–Crippen MR) is 129 cm³/mol. The first-order chi connectivity index (χ1) is 16.4. The van der Waals surface area contributed by atoms with Crippen LogP contribution in [-0.4, -0.2) is 66.7 Å². The highest BCUT2D eigenvalue weighted by molar-refractivity contribution is 7.89. The Hall–Kier alpha value is -3.27. The molecule has 1 fully saturated rings. The largest absolute Gasteiger partial charge is 0.379 e. The van der Waals surface area contributed by atoms with Gasteiger partial charge in [0.2, 0.25) is 15.9 Å². The molecule has 1 aromatic heterocycles. The van der Waals surface area contributed by atoms with Gasteiger partial charge in [0.25, 0.3) is 0 Å². The SMILES string of the molecule is CN(Cc1cnn(Cc2ccccc2)c1)C(=O)C=Cc1ccc(S(=O)(=O)N2CCOCC2)cc1. The van der Waals surface area contributed by atoms with Crippen molar-refractivity contribution in [3.63, 3.8) is 0 Å². The van der Waals surface area contributed by atoms with Gasteiger partial charge in [0.05, 0.1) is 30.9 Å². The number of rotatable bonds is 8. The van der Waals surface area contributed by atoms with E-state index in [1.165, 1.54) is 10.4 Å². The number of likely N-dealkylation sites (N-methyl/N-ethyl adjacent to an activating group) is 1. The van der Waals surface area contributed by atoms with Crippen LogP contribution in [-0.2, 0) is 32.6 Å². The van der Waals surface area contributed by atoms with Crippen molar-refractivity contribution in [2.24, 2.45) is 0 Å². The molecule has 2 heterocycles. The van der Waals surface area contributed by atoms with Crippen LogP contribution in [0.3, 0.4) is 0 Å². The van der Waals surface area contributed by atoms with Gasteiger partial charge < -0.3 is 9.64 Å². The Morgan fingerprint density at radius 3 is 2.47 bits per heavy atom. The fraction of sp³-hybridized carbons (Fsp3) is 0.280. The van der Waals surface area contributed by atoms with Crippen LogP contribution < -0.4 is 0 Å². The monoisotopic (exact) mass is 480 g/mol. The second-order valence-corrected chi connectivity index (χ2v) is 10.1. The Labute approximate surface area is 200 Å². The lowest BCUT2D eigenvalue weighted by Crippen LogP contribution is -2.40.